The van der Waals surface area contributed by atoms with Crippen LogP contribution in [0.15, 0.2) is 0 Å². The molecule has 90 valence electrons. The highest BCUT2D eigenvalue weighted by Crippen LogP contribution is 2.01. The summed E-state index contributed by atoms with van der Waals surface area (Å²) in [6.45, 7) is 3.22. The van der Waals surface area contributed by atoms with Crippen LogP contribution in [0.5, 0.6) is 0 Å². The fourth-order valence-electron chi connectivity index (χ4n) is 0.911. The normalized spacial score (nSPS) is 16.8. The van der Waals surface area contributed by atoms with Crippen molar-refractivity contribution in [2.75, 3.05) is 26.5 Å². The number of alkyl halides is 1. The van der Waals surface area contributed by atoms with E-state index in [1.807, 2.05) is 6.92 Å². The molecule has 0 aromatic rings. The molecule has 0 saturated carbocycles. The number of halogens is 1. The van der Waals surface area contributed by atoms with Gasteiger partial charge in [-0.2, -0.15) is 0 Å². The lowest BCUT2D eigenvalue weighted by molar-refractivity contribution is -0.139. The lowest BCUT2D eigenvalue weighted by atomic mass is 10.3. The monoisotopic (exact) mass is 299 g/mol. The van der Waals surface area contributed by atoms with Gasteiger partial charge in [-0.15, -0.1) is 0 Å². The summed E-state index contributed by atoms with van der Waals surface area (Å²) in [6, 6.07) is 0. The van der Waals surface area contributed by atoms with E-state index in [9.17, 15) is 9.00 Å². The number of esters is 1. The van der Waals surface area contributed by atoms with E-state index >= 15 is 0 Å². The molecule has 0 amide bonds. The molecule has 6 heteroatoms. The Kier molecular flexibility index (Phi) is 8.27. The van der Waals surface area contributed by atoms with E-state index in [0.29, 0.717) is 6.54 Å². The Balaban J connectivity index is 3.54. The van der Waals surface area contributed by atoms with E-state index < -0.39 is 10.8 Å². The van der Waals surface area contributed by atoms with Gasteiger partial charge in [-0.1, -0.05) is 22.9 Å². The second kappa shape index (κ2) is 8.24. The van der Waals surface area contributed by atoms with Gasteiger partial charge in [0, 0.05) is 28.9 Å². The fraction of sp³-hybridized carbons (Fsp3) is 0.889. The SMILES string of the molecule is COC(=O)C(Br)CNCCC(C)S(C)=O. The van der Waals surface area contributed by atoms with E-state index in [1.54, 1.807) is 6.26 Å². The molecule has 15 heavy (non-hydrogen) atoms. The largest absolute Gasteiger partial charge is 0.468 e. The number of ether oxygens (including phenoxy) is 1. The van der Waals surface area contributed by atoms with E-state index in [0.717, 1.165) is 13.0 Å². The lowest BCUT2D eigenvalue weighted by Crippen LogP contribution is -2.31. The maximum Gasteiger partial charge on any atom is 0.320 e. The molecular formula is C9H18BrNO3S. The average molecular weight is 300 g/mol. The predicted octanol–water partition coefficient (Wildman–Crippen LogP) is 0.670. The summed E-state index contributed by atoms with van der Waals surface area (Å²) in [6.07, 6.45) is 2.54. The van der Waals surface area contributed by atoms with Crippen LogP contribution < -0.4 is 5.32 Å². The van der Waals surface area contributed by atoms with Gasteiger partial charge in [0.15, 0.2) is 0 Å². The van der Waals surface area contributed by atoms with Crippen molar-refractivity contribution >= 4 is 32.7 Å². The molecule has 0 aromatic heterocycles. The van der Waals surface area contributed by atoms with Crippen molar-refractivity contribution in [3.05, 3.63) is 0 Å². The molecule has 0 aliphatic rings. The zero-order valence-corrected chi connectivity index (χ0v) is 11.7. The summed E-state index contributed by atoms with van der Waals surface area (Å²) >= 11 is 3.20. The first kappa shape index (κ1) is 15.1. The Morgan fingerprint density at radius 1 is 1.60 bits per heavy atom. The van der Waals surface area contributed by atoms with Crippen molar-refractivity contribution < 1.29 is 13.7 Å². The minimum Gasteiger partial charge on any atom is -0.468 e. The van der Waals surface area contributed by atoms with Crippen LogP contribution in [0.2, 0.25) is 0 Å². The Labute approximate surface area is 102 Å². The number of methoxy groups -OCH3 is 1. The quantitative estimate of drug-likeness (QED) is 0.426. The van der Waals surface area contributed by atoms with Gasteiger partial charge in [-0.05, 0) is 13.0 Å². The molecule has 0 heterocycles. The predicted molar refractivity (Wildman–Crippen MR) is 65.7 cm³/mol. The summed E-state index contributed by atoms with van der Waals surface area (Å²) in [5.41, 5.74) is 0. The summed E-state index contributed by atoms with van der Waals surface area (Å²) in [5.74, 6) is -0.283. The van der Waals surface area contributed by atoms with E-state index in [-0.39, 0.29) is 16.0 Å². The second-order valence-corrected chi connectivity index (χ2v) is 6.20. The van der Waals surface area contributed by atoms with Crippen molar-refractivity contribution in [1.29, 1.82) is 0 Å². The summed E-state index contributed by atoms with van der Waals surface area (Å²) in [4.78, 5) is 10.7. The van der Waals surface area contributed by atoms with Gasteiger partial charge >= 0.3 is 5.97 Å². The molecule has 3 unspecified atom stereocenters. The molecule has 0 bridgehead atoms. The number of carbonyl (C=O) groups excluding carboxylic acids is 1. The zero-order valence-electron chi connectivity index (χ0n) is 9.29. The number of hydrogen-bond acceptors (Lipinski definition) is 4. The molecule has 1 N–H and O–H groups in total. The fourth-order valence-corrected chi connectivity index (χ4v) is 1.78. The van der Waals surface area contributed by atoms with Crippen molar-refractivity contribution in [2.24, 2.45) is 0 Å². The molecule has 4 nitrogen and oxygen atoms in total. The summed E-state index contributed by atoms with van der Waals surface area (Å²) in [5, 5.41) is 3.29. The molecule has 0 saturated heterocycles. The first-order valence-corrected chi connectivity index (χ1v) is 7.27. The third kappa shape index (κ3) is 7.03. The topological polar surface area (TPSA) is 55.4 Å². The first-order valence-electron chi connectivity index (χ1n) is 4.73. The highest BCUT2D eigenvalue weighted by Gasteiger charge is 2.14. The minimum absolute atomic E-state index is 0.185. The van der Waals surface area contributed by atoms with Crippen LogP contribution in [0, 0.1) is 0 Å². The second-order valence-electron chi connectivity index (χ2n) is 3.29. The Hall–Kier alpha value is 0.0600. The maximum absolute atomic E-state index is 11.0. The Morgan fingerprint density at radius 3 is 2.67 bits per heavy atom. The third-order valence-electron chi connectivity index (χ3n) is 2.07. The van der Waals surface area contributed by atoms with Crippen LogP contribution in [0.25, 0.3) is 0 Å². The molecule has 0 aliphatic heterocycles. The number of nitrogens with one attached hydrogen (secondary N) is 1. The standard InChI is InChI=1S/C9H18BrNO3S/c1-7(15(3)13)4-5-11-6-8(10)9(12)14-2/h7-8,11H,4-6H2,1-3H3. The van der Waals surface area contributed by atoms with Crippen LogP contribution in [0.3, 0.4) is 0 Å². The molecular weight excluding hydrogens is 282 g/mol. The third-order valence-corrected chi connectivity index (χ3v) is 4.14. The number of hydrogen-bond donors (Lipinski definition) is 1. The lowest BCUT2D eigenvalue weighted by Gasteiger charge is -2.11. The van der Waals surface area contributed by atoms with Gasteiger partial charge in [0.2, 0.25) is 0 Å². The smallest absolute Gasteiger partial charge is 0.320 e. The molecule has 3 atom stereocenters. The van der Waals surface area contributed by atoms with Crippen LogP contribution >= 0.6 is 15.9 Å². The Morgan fingerprint density at radius 2 is 2.20 bits per heavy atom. The average Bonchev–Trinajstić information content (AvgIpc) is 2.22. The Bertz CT molecular complexity index is 225. The first-order chi connectivity index (χ1) is 6.99. The summed E-state index contributed by atoms with van der Waals surface area (Å²) in [7, 11) is 0.582. The van der Waals surface area contributed by atoms with E-state index in [4.69, 9.17) is 0 Å². The highest BCUT2D eigenvalue weighted by atomic mass is 79.9. The van der Waals surface area contributed by atoms with Crippen molar-refractivity contribution in [2.45, 2.75) is 23.4 Å². The van der Waals surface area contributed by atoms with Gasteiger partial charge in [-0.3, -0.25) is 9.00 Å². The molecule has 0 rings (SSSR count). The maximum atomic E-state index is 11.0. The van der Waals surface area contributed by atoms with E-state index in [2.05, 4.69) is 26.0 Å². The van der Waals surface area contributed by atoms with Gasteiger partial charge in [0.25, 0.3) is 0 Å². The van der Waals surface area contributed by atoms with Crippen molar-refractivity contribution in [3.8, 4) is 0 Å². The van der Waals surface area contributed by atoms with Crippen LogP contribution in [-0.2, 0) is 20.3 Å². The molecule has 0 radical (unpaired) electrons. The molecule has 0 fully saturated rings. The zero-order chi connectivity index (χ0) is 11.8. The highest BCUT2D eigenvalue weighted by molar-refractivity contribution is 9.10. The van der Waals surface area contributed by atoms with Crippen LogP contribution in [0.4, 0.5) is 0 Å². The molecule has 0 spiro atoms. The van der Waals surface area contributed by atoms with Gasteiger partial charge in [-0.25, -0.2) is 0 Å². The van der Waals surface area contributed by atoms with Crippen molar-refractivity contribution in [3.63, 3.8) is 0 Å². The van der Waals surface area contributed by atoms with Gasteiger partial charge < -0.3 is 10.1 Å². The van der Waals surface area contributed by atoms with Gasteiger partial charge in [0.1, 0.15) is 4.83 Å². The van der Waals surface area contributed by atoms with Gasteiger partial charge in [0.05, 0.1) is 7.11 Å². The number of rotatable bonds is 7. The summed E-state index contributed by atoms with van der Waals surface area (Å²) < 4.78 is 15.6. The molecule has 0 aromatic carbocycles. The van der Waals surface area contributed by atoms with Crippen LogP contribution in [0.1, 0.15) is 13.3 Å². The van der Waals surface area contributed by atoms with Crippen LogP contribution in [-0.4, -0.2) is 46.7 Å². The van der Waals surface area contributed by atoms with E-state index in [1.165, 1.54) is 7.11 Å². The van der Waals surface area contributed by atoms with Crippen molar-refractivity contribution in [1.82, 2.24) is 5.32 Å². The minimum atomic E-state index is -0.778. The molecule has 0 aliphatic carbocycles. The number of carbonyl (C=O) groups is 1.